The van der Waals surface area contributed by atoms with Gasteiger partial charge in [-0.25, -0.2) is 32.2 Å². The predicted octanol–water partition coefficient (Wildman–Crippen LogP) is 5.54. The summed E-state index contributed by atoms with van der Waals surface area (Å²) in [6.07, 6.45) is 7.76. The molecule has 1 aromatic carbocycles. The van der Waals surface area contributed by atoms with Gasteiger partial charge in [-0.15, -0.1) is 0 Å². The second-order valence-corrected chi connectivity index (χ2v) is 10.4. The quantitative estimate of drug-likeness (QED) is 0.253. The van der Waals surface area contributed by atoms with Crippen molar-refractivity contribution < 1.29 is 26.3 Å². The van der Waals surface area contributed by atoms with Crippen LogP contribution < -0.4 is 9.46 Å². The van der Waals surface area contributed by atoms with Crippen LogP contribution >= 0.6 is 11.8 Å². The maximum absolute atomic E-state index is 14.8. The number of hydrogen-bond acceptors (Lipinski definition) is 7. The maximum Gasteiger partial charge on any atom is 0.235 e. The molecular weight excluding hydrogens is 489 g/mol. The average molecular weight is 511 g/mol. The number of ether oxygens (including phenoxy) is 1. The van der Waals surface area contributed by atoms with Gasteiger partial charge in [0.1, 0.15) is 5.69 Å². The maximum atomic E-state index is 14.8. The highest BCUT2D eigenvalue weighted by Gasteiger charge is 2.31. The molecule has 0 bridgehead atoms. The van der Waals surface area contributed by atoms with E-state index < -0.39 is 44.2 Å². The molecule has 0 amide bonds. The predicted molar refractivity (Wildman–Crippen MR) is 123 cm³/mol. The zero-order valence-corrected chi connectivity index (χ0v) is 19.7. The first kappa shape index (κ1) is 24.3. The molecule has 0 saturated heterocycles. The van der Waals surface area contributed by atoms with Crippen molar-refractivity contribution in [2.45, 2.75) is 42.5 Å². The highest BCUT2D eigenvalue weighted by Crippen LogP contribution is 2.36. The molecule has 12 heteroatoms. The highest BCUT2D eigenvalue weighted by atomic mass is 32.2. The SMILES string of the molecule is CSc1nccc(-c2cccnc2Oc2cc(F)c(NS(=O)(=O)C3CCCCC3)c(F)c2F)n1. The van der Waals surface area contributed by atoms with Gasteiger partial charge in [-0.3, -0.25) is 4.72 Å². The van der Waals surface area contributed by atoms with E-state index >= 15 is 0 Å². The van der Waals surface area contributed by atoms with Gasteiger partial charge in [0.05, 0.1) is 16.5 Å². The molecule has 0 spiro atoms. The van der Waals surface area contributed by atoms with Gasteiger partial charge in [0, 0.05) is 18.5 Å². The number of benzene rings is 1. The lowest BCUT2D eigenvalue weighted by Crippen LogP contribution is -2.30. The number of thioether (sulfide) groups is 1. The topological polar surface area (TPSA) is 94.1 Å². The lowest BCUT2D eigenvalue weighted by Gasteiger charge is -2.23. The van der Waals surface area contributed by atoms with Gasteiger partial charge in [-0.1, -0.05) is 31.0 Å². The van der Waals surface area contributed by atoms with Gasteiger partial charge in [0.25, 0.3) is 0 Å². The van der Waals surface area contributed by atoms with Crippen molar-refractivity contribution in [3.05, 3.63) is 54.1 Å². The summed E-state index contributed by atoms with van der Waals surface area (Å²) in [5.41, 5.74) is -0.305. The van der Waals surface area contributed by atoms with Crippen molar-refractivity contribution in [1.29, 1.82) is 0 Å². The van der Waals surface area contributed by atoms with Crippen LogP contribution in [0.25, 0.3) is 11.3 Å². The largest absolute Gasteiger partial charge is 0.435 e. The summed E-state index contributed by atoms with van der Waals surface area (Å²) in [7, 11) is -4.09. The van der Waals surface area contributed by atoms with Crippen LogP contribution in [0.4, 0.5) is 18.9 Å². The monoisotopic (exact) mass is 510 g/mol. The Kier molecular flexibility index (Phi) is 7.27. The van der Waals surface area contributed by atoms with E-state index in [9.17, 15) is 21.6 Å². The van der Waals surface area contributed by atoms with Crippen LogP contribution in [0, 0.1) is 17.5 Å². The summed E-state index contributed by atoms with van der Waals surface area (Å²) in [4.78, 5) is 12.5. The van der Waals surface area contributed by atoms with E-state index in [1.165, 1.54) is 24.2 Å². The van der Waals surface area contributed by atoms with Gasteiger partial charge in [-0.05, 0) is 37.3 Å². The lowest BCUT2D eigenvalue weighted by molar-refractivity contribution is 0.401. The van der Waals surface area contributed by atoms with Crippen LogP contribution in [-0.2, 0) is 10.0 Å². The van der Waals surface area contributed by atoms with Crippen molar-refractivity contribution >= 4 is 27.5 Å². The number of aromatic nitrogens is 3. The minimum atomic E-state index is -4.09. The van der Waals surface area contributed by atoms with E-state index in [4.69, 9.17) is 4.74 Å². The molecule has 1 fully saturated rings. The molecule has 0 unspecified atom stereocenters. The molecule has 4 rings (SSSR count). The normalized spacial score (nSPS) is 14.7. The second-order valence-electron chi connectivity index (χ2n) is 7.65. The number of anilines is 1. The first-order valence-corrected chi connectivity index (χ1v) is 13.3. The summed E-state index contributed by atoms with van der Waals surface area (Å²) < 4.78 is 76.9. The van der Waals surface area contributed by atoms with Crippen molar-refractivity contribution in [3.63, 3.8) is 0 Å². The lowest BCUT2D eigenvalue weighted by atomic mass is 10.0. The number of sulfonamides is 1. The van der Waals surface area contributed by atoms with E-state index in [1.807, 2.05) is 4.72 Å². The summed E-state index contributed by atoms with van der Waals surface area (Å²) >= 11 is 1.31. The molecule has 1 aliphatic rings. The number of hydrogen-bond donors (Lipinski definition) is 1. The Hall–Kier alpha value is -2.86. The Balaban J connectivity index is 1.65. The van der Waals surface area contributed by atoms with Gasteiger partial charge in [0.15, 0.2) is 22.5 Å². The van der Waals surface area contributed by atoms with E-state index in [0.29, 0.717) is 48.2 Å². The minimum Gasteiger partial charge on any atom is -0.435 e. The van der Waals surface area contributed by atoms with Gasteiger partial charge in [0.2, 0.25) is 21.7 Å². The number of halogens is 3. The van der Waals surface area contributed by atoms with Gasteiger partial charge < -0.3 is 4.74 Å². The molecule has 2 aromatic heterocycles. The van der Waals surface area contributed by atoms with Crippen LogP contribution in [0.1, 0.15) is 32.1 Å². The van der Waals surface area contributed by atoms with Crippen LogP contribution in [0.3, 0.4) is 0 Å². The van der Waals surface area contributed by atoms with Crippen LogP contribution in [0.15, 0.2) is 41.8 Å². The van der Waals surface area contributed by atoms with E-state index in [0.717, 1.165) is 6.42 Å². The number of rotatable bonds is 7. The molecule has 2 heterocycles. The minimum absolute atomic E-state index is 0.138. The summed E-state index contributed by atoms with van der Waals surface area (Å²) in [6, 6.07) is 5.38. The number of pyridine rings is 1. The molecular formula is C22H21F3N4O3S2. The Morgan fingerprint density at radius 1 is 1.06 bits per heavy atom. The van der Waals surface area contributed by atoms with Crippen molar-refractivity contribution in [2.24, 2.45) is 0 Å². The second kappa shape index (κ2) is 10.2. The summed E-state index contributed by atoms with van der Waals surface area (Å²) in [5, 5.41) is -0.306. The Morgan fingerprint density at radius 3 is 2.56 bits per heavy atom. The standard InChI is InChI=1S/C22H21F3N4O3S2/c1-33-22-27-11-9-16(28-22)14-8-5-10-26-21(14)32-17-12-15(23)20(19(25)18(17)24)29-34(30,31)13-6-3-2-4-7-13/h5,8-13,29H,2-4,6-7H2,1H3. The number of nitrogens with one attached hydrogen (secondary N) is 1. The number of nitrogens with zero attached hydrogens (tertiary/aromatic N) is 3. The molecule has 34 heavy (non-hydrogen) atoms. The molecule has 0 radical (unpaired) electrons. The fraction of sp³-hybridized carbons (Fsp3) is 0.318. The zero-order valence-electron chi connectivity index (χ0n) is 18.1. The third-order valence-corrected chi connectivity index (χ3v) is 7.83. The molecule has 1 aliphatic carbocycles. The summed E-state index contributed by atoms with van der Waals surface area (Å²) in [6.45, 7) is 0. The molecule has 180 valence electrons. The van der Waals surface area contributed by atoms with Crippen LogP contribution in [0.5, 0.6) is 11.6 Å². The van der Waals surface area contributed by atoms with Gasteiger partial charge in [-0.2, -0.15) is 4.39 Å². The molecule has 1 N–H and O–H groups in total. The van der Waals surface area contributed by atoms with Gasteiger partial charge >= 0.3 is 0 Å². The Morgan fingerprint density at radius 2 is 1.82 bits per heavy atom. The average Bonchev–Trinajstić information content (AvgIpc) is 2.86. The fourth-order valence-corrected chi connectivity index (χ4v) is 5.65. The van der Waals surface area contributed by atoms with Crippen LogP contribution in [-0.4, -0.2) is 34.9 Å². The first-order valence-electron chi connectivity index (χ1n) is 10.5. The Bertz CT molecular complexity index is 1300. The highest BCUT2D eigenvalue weighted by molar-refractivity contribution is 7.98. The van der Waals surface area contributed by atoms with Crippen molar-refractivity contribution in [1.82, 2.24) is 15.0 Å². The van der Waals surface area contributed by atoms with E-state index in [-0.39, 0.29) is 5.88 Å². The third-order valence-electron chi connectivity index (χ3n) is 5.43. The third kappa shape index (κ3) is 5.12. The summed E-state index contributed by atoms with van der Waals surface area (Å²) in [5.74, 6) is -5.47. The first-order chi connectivity index (χ1) is 16.3. The smallest absolute Gasteiger partial charge is 0.235 e. The van der Waals surface area contributed by atoms with E-state index in [1.54, 1.807) is 24.5 Å². The molecule has 7 nitrogen and oxygen atoms in total. The zero-order chi connectivity index (χ0) is 24.3. The fourth-order valence-electron chi connectivity index (χ4n) is 3.70. The molecule has 0 aliphatic heterocycles. The van der Waals surface area contributed by atoms with Crippen LogP contribution in [0.2, 0.25) is 0 Å². The molecule has 3 aromatic rings. The van der Waals surface area contributed by atoms with E-state index in [2.05, 4.69) is 15.0 Å². The van der Waals surface area contributed by atoms with Crippen molar-refractivity contribution in [3.8, 4) is 22.9 Å². The molecule has 1 saturated carbocycles. The Labute approximate surface area is 199 Å². The van der Waals surface area contributed by atoms with Crippen molar-refractivity contribution in [2.75, 3.05) is 11.0 Å². The molecule has 0 atom stereocenters.